The number of rotatable bonds is 2. The Labute approximate surface area is 75.1 Å². The zero-order valence-electron chi connectivity index (χ0n) is 6.69. The lowest BCUT2D eigenvalue weighted by Gasteiger charge is -2.11. The predicted octanol–water partition coefficient (Wildman–Crippen LogP) is 1.00. The van der Waals surface area contributed by atoms with Gasteiger partial charge in [0, 0.05) is 0 Å². The molecule has 3 N–H and O–H groups in total. The normalized spacial score (nSPS) is 15.2. The van der Waals surface area contributed by atoms with Gasteiger partial charge in [-0.1, -0.05) is 0 Å². The highest BCUT2D eigenvalue weighted by atomic mass is 32.1. The van der Waals surface area contributed by atoms with Crippen molar-refractivity contribution in [3.8, 4) is 6.07 Å². The summed E-state index contributed by atoms with van der Waals surface area (Å²) in [5.74, 6) is 0. The van der Waals surface area contributed by atoms with Gasteiger partial charge >= 0.3 is 0 Å². The Bertz CT molecular complexity index is 300. The van der Waals surface area contributed by atoms with Gasteiger partial charge in [0.2, 0.25) is 0 Å². The zero-order valence-corrected chi connectivity index (χ0v) is 7.51. The number of nitrogens with two attached hydrogens (primary N) is 1. The molecule has 0 aliphatic carbocycles. The van der Waals surface area contributed by atoms with Crippen LogP contribution in [0, 0.1) is 11.3 Å². The molecule has 1 aromatic rings. The molecule has 12 heavy (non-hydrogen) atoms. The number of aliphatic hydroxyl groups is 1. The van der Waals surface area contributed by atoms with Gasteiger partial charge in [0.15, 0.2) is 0 Å². The average molecular weight is 182 g/mol. The van der Waals surface area contributed by atoms with Gasteiger partial charge < -0.3 is 10.8 Å². The minimum Gasteiger partial charge on any atom is -0.391 e. The van der Waals surface area contributed by atoms with Crippen molar-refractivity contribution in [2.45, 2.75) is 19.1 Å². The van der Waals surface area contributed by atoms with Crippen LogP contribution in [-0.4, -0.2) is 11.2 Å². The van der Waals surface area contributed by atoms with Gasteiger partial charge in [0.1, 0.15) is 10.9 Å². The minimum absolute atomic E-state index is 0.386. The van der Waals surface area contributed by atoms with E-state index in [1.165, 1.54) is 11.3 Å². The maximum Gasteiger partial charge on any atom is 0.110 e. The van der Waals surface area contributed by atoms with Crippen molar-refractivity contribution < 1.29 is 5.11 Å². The van der Waals surface area contributed by atoms with Crippen molar-refractivity contribution in [3.05, 3.63) is 21.9 Å². The highest BCUT2D eigenvalue weighted by Gasteiger charge is 2.13. The predicted molar refractivity (Wildman–Crippen MR) is 47.6 cm³/mol. The van der Waals surface area contributed by atoms with Gasteiger partial charge in [0.25, 0.3) is 0 Å². The number of hydrogen-bond acceptors (Lipinski definition) is 4. The first-order valence-corrected chi connectivity index (χ1v) is 4.45. The lowest BCUT2D eigenvalue weighted by molar-refractivity contribution is 0.164. The molecule has 1 aromatic heterocycles. The van der Waals surface area contributed by atoms with Gasteiger partial charge in [-0.05, 0) is 23.9 Å². The summed E-state index contributed by atoms with van der Waals surface area (Å²) in [7, 11) is 0. The van der Waals surface area contributed by atoms with E-state index in [0.717, 1.165) is 5.56 Å². The summed E-state index contributed by atoms with van der Waals surface area (Å²) in [6.45, 7) is 1.63. The first kappa shape index (κ1) is 9.20. The van der Waals surface area contributed by atoms with Crippen LogP contribution in [0.2, 0.25) is 0 Å². The van der Waals surface area contributed by atoms with Crippen LogP contribution >= 0.6 is 11.3 Å². The van der Waals surface area contributed by atoms with E-state index in [9.17, 15) is 0 Å². The summed E-state index contributed by atoms with van der Waals surface area (Å²) in [6, 6.07) is 3.35. The molecule has 0 aliphatic heterocycles. The Morgan fingerprint density at radius 2 is 2.42 bits per heavy atom. The molecule has 0 radical (unpaired) electrons. The smallest absolute Gasteiger partial charge is 0.110 e. The molecule has 1 rings (SSSR count). The van der Waals surface area contributed by atoms with Crippen molar-refractivity contribution in [2.24, 2.45) is 5.73 Å². The van der Waals surface area contributed by atoms with E-state index in [2.05, 4.69) is 0 Å². The van der Waals surface area contributed by atoms with Crippen LogP contribution in [0.25, 0.3) is 0 Å². The first-order valence-electron chi connectivity index (χ1n) is 3.57. The van der Waals surface area contributed by atoms with E-state index in [1.54, 1.807) is 18.4 Å². The lowest BCUT2D eigenvalue weighted by atomic mass is 10.1. The molecule has 0 amide bonds. The highest BCUT2D eigenvalue weighted by Crippen LogP contribution is 2.20. The summed E-state index contributed by atoms with van der Waals surface area (Å²) >= 11 is 1.34. The van der Waals surface area contributed by atoms with Crippen molar-refractivity contribution in [3.63, 3.8) is 0 Å². The monoisotopic (exact) mass is 182 g/mol. The maximum absolute atomic E-state index is 9.15. The number of nitrogens with zero attached hydrogens (tertiary/aromatic N) is 1. The summed E-state index contributed by atoms with van der Waals surface area (Å²) in [6.07, 6.45) is -0.578. The Hall–Kier alpha value is -0.890. The fourth-order valence-corrected chi connectivity index (χ4v) is 1.61. The number of thiophene rings is 1. The second kappa shape index (κ2) is 3.68. The Morgan fingerprint density at radius 1 is 1.75 bits per heavy atom. The summed E-state index contributed by atoms with van der Waals surface area (Å²) < 4.78 is 0. The molecule has 64 valence electrons. The van der Waals surface area contributed by atoms with E-state index in [0.29, 0.717) is 4.88 Å². The zero-order chi connectivity index (χ0) is 9.14. The Morgan fingerprint density at radius 3 is 2.83 bits per heavy atom. The Kier molecular flexibility index (Phi) is 2.82. The van der Waals surface area contributed by atoms with Crippen LogP contribution in [-0.2, 0) is 0 Å². The molecule has 0 aromatic carbocycles. The van der Waals surface area contributed by atoms with Gasteiger partial charge in [-0.2, -0.15) is 5.26 Å². The minimum atomic E-state index is -0.578. The van der Waals surface area contributed by atoms with Crippen LogP contribution in [0.15, 0.2) is 11.4 Å². The largest absolute Gasteiger partial charge is 0.391 e. The van der Waals surface area contributed by atoms with Gasteiger partial charge in [0.05, 0.1) is 12.1 Å². The average Bonchev–Trinajstić information content (AvgIpc) is 2.50. The second-order valence-electron chi connectivity index (χ2n) is 2.62. The first-order chi connectivity index (χ1) is 5.65. The molecule has 2 atom stereocenters. The lowest BCUT2D eigenvalue weighted by Crippen LogP contribution is -2.22. The van der Waals surface area contributed by atoms with Crippen LogP contribution in [0.5, 0.6) is 0 Å². The molecule has 0 spiro atoms. The van der Waals surface area contributed by atoms with E-state index >= 15 is 0 Å². The van der Waals surface area contributed by atoms with Crippen LogP contribution in [0.3, 0.4) is 0 Å². The number of nitriles is 1. The van der Waals surface area contributed by atoms with E-state index in [-0.39, 0.29) is 6.04 Å². The summed E-state index contributed by atoms with van der Waals surface area (Å²) in [5.41, 5.74) is 6.48. The molecular formula is C8H10N2OS. The van der Waals surface area contributed by atoms with E-state index < -0.39 is 6.10 Å². The van der Waals surface area contributed by atoms with Crippen molar-refractivity contribution in [1.82, 2.24) is 0 Å². The summed E-state index contributed by atoms with van der Waals surface area (Å²) in [5, 5.41) is 19.5. The fraction of sp³-hybridized carbons (Fsp3) is 0.375. The third-order valence-corrected chi connectivity index (χ3v) is 2.49. The van der Waals surface area contributed by atoms with Gasteiger partial charge in [-0.25, -0.2) is 0 Å². The highest BCUT2D eigenvalue weighted by molar-refractivity contribution is 7.10. The van der Waals surface area contributed by atoms with Crippen molar-refractivity contribution in [1.29, 1.82) is 5.26 Å². The maximum atomic E-state index is 9.15. The second-order valence-corrected chi connectivity index (χ2v) is 3.53. The molecule has 0 bridgehead atoms. The molecule has 0 saturated carbocycles. The quantitative estimate of drug-likeness (QED) is 0.716. The SMILES string of the molecule is C[C@@H](O)[C@@H](N)c1csc(C#N)c1. The number of aliphatic hydroxyl groups excluding tert-OH is 1. The third kappa shape index (κ3) is 1.83. The fourth-order valence-electron chi connectivity index (χ4n) is 0.863. The molecule has 1 heterocycles. The Balaban J connectivity index is 2.83. The molecule has 0 saturated heterocycles. The van der Waals surface area contributed by atoms with Gasteiger partial charge in [-0.15, -0.1) is 11.3 Å². The molecule has 0 fully saturated rings. The van der Waals surface area contributed by atoms with Crippen molar-refractivity contribution >= 4 is 11.3 Å². The molecular weight excluding hydrogens is 172 g/mol. The van der Waals surface area contributed by atoms with Gasteiger partial charge in [-0.3, -0.25) is 0 Å². The van der Waals surface area contributed by atoms with E-state index in [1.807, 2.05) is 6.07 Å². The number of hydrogen-bond donors (Lipinski definition) is 2. The topological polar surface area (TPSA) is 70.0 Å². The van der Waals surface area contributed by atoms with Crippen LogP contribution in [0.4, 0.5) is 0 Å². The molecule has 0 unspecified atom stereocenters. The molecule has 4 heteroatoms. The standard InChI is InChI=1S/C8H10N2OS/c1-5(11)8(10)6-2-7(3-9)12-4-6/h2,4-5,8,11H,10H2,1H3/t5-,8-/m1/s1. The summed E-state index contributed by atoms with van der Waals surface area (Å²) in [4.78, 5) is 0.626. The van der Waals surface area contributed by atoms with E-state index in [4.69, 9.17) is 16.1 Å². The molecule has 3 nitrogen and oxygen atoms in total. The molecule has 0 aliphatic rings. The van der Waals surface area contributed by atoms with Crippen molar-refractivity contribution in [2.75, 3.05) is 0 Å². The van der Waals surface area contributed by atoms with Crippen LogP contribution in [0.1, 0.15) is 23.4 Å². The van der Waals surface area contributed by atoms with Crippen LogP contribution < -0.4 is 5.73 Å². The third-order valence-electron chi connectivity index (χ3n) is 1.63.